The summed E-state index contributed by atoms with van der Waals surface area (Å²) in [6.45, 7) is 6.36. The van der Waals surface area contributed by atoms with Crippen molar-refractivity contribution in [1.29, 1.82) is 0 Å². The molecule has 2 rings (SSSR count). The topological polar surface area (TPSA) is 66.4 Å². The first-order valence-electron chi connectivity index (χ1n) is 7.79. The van der Waals surface area contributed by atoms with Crippen molar-refractivity contribution in [3.8, 4) is 0 Å². The van der Waals surface area contributed by atoms with Gasteiger partial charge in [0.1, 0.15) is 0 Å². The fraction of sp³-hybridized carbons (Fsp3) is 0.200. The van der Waals surface area contributed by atoms with Crippen LogP contribution in [0.2, 0.25) is 0 Å². The molecule has 0 aromatic heterocycles. The van der Waals surface area contributed by atoms with Crippen LogP contribution in [0.5, 0.6) is 0 Å². The number of hydrogen-bond acceptors (Lipinski definition) is 2. The minimum atomic E-state index is -1.02. The Bertz CT molecular complexity index is 818. The molecule has 1 amide bonds. The summed E-state index contributed by atoms with van der Waals surface area (Å²) in [6, 6.07) is 12.8. The number of anilines is 1. The smallest absolute Gasteiger partial charge is 0.328 e. The van der Waals surface area contributed by atoms with E-state index in [0.29, 0.717) is 16.8 Å². The van der Waals surface area contributed by atoms with Crippen LogP contribution in [0.25, 0.3) is 6.08 Å². The predicted molar refractivity (Wildman–Crippen MR) is 104 cm³/mol. The Balaban J connectivity index is 2.20. The van der Waals surface area contributed by atoms with Crippen LogP contribution in [0.4, 0.5) is 5.69 Å². The van der Waals surface area contributed by atoms with Crippen molar-refractivity contribution in [1.82, 2.24) is 0 Å². The summed E-state index contributed by atoms with van der Waals surface area (Å²) in [6.07, 6.45) is 2.53. The van der Waals surface area contributed by atoms with Crippen LogP contribution in [-0.2, 0) is 10.2 Å². The number of halogens is 1. The highest BCUT2D eigenvalue weighted by molar-refractivity contribution is 9.10. The van der Waals surface area contributed by atoms with Crippen LogP contribution in [0.15, 0.2) is 53.0 Å². The Morgan fingerprint density at radius 3 is 2.28 bits per heavy atom. The summed E-state index contributed by atoms with van der Waals surface area (Å²) in [4.78, 5) is 23.1. The number of benzene rings is 2. The molecule has 5 heteroatoms. The molecule has 0 atom stereocenters. The maximum atomic E-state index is 12.5. The molecule has 0 aliphatic carbocycles. The van der Waals surface area contributed by atoms with E-state index in [9.17, 15) is 9.59 Å². The van der Waals surface area contributed by atoms with E-state index in [0.717, 1.165) is 16.1 Å². The van der Waals surface area contributed by atoms with E-state index < -0.39 is 5.97 Å². The number of rotatable bonds is 4. The fourth-order valence-electron chi connectivity index (χ4n) is 2.23. The monoisotopic (exact) mass is 401 g/mol. The molecule has 130 valence electrons. The molecule has 4 nitrogen and oxygen atoms in total. The van der Waals surface area contributed by atoms with Gasteiger partial charge in [-0.15, -0.1) is 0 Å². The number of aliphatic carboxylic acids is 1. The zero-order chi connectivity index (χ0) is 18.6. The first kappa shape index (κ1) is 18.9. The van der Waals surface area contributed by atoms with Crippen molar-refractivity contribution < 1.29 is 14.7 Å². The molecule has 0 fully saturated rings. The minimum Gasteiger partial charge on any atom is -0.478 e. The van der Waals surface area contributed by atoms with Gasteiger partial charge in [-0.3, -0.25) is 4.79 Å². The highest BCUT2D eigenvalue weighted by Gasteiger charge is 2.14. The van der Waals surface area contributed by atoms with Crippen molar-refractivity contribution in [3.63, 3.8) is 0 Å². The van der Waals surface area contributed by atoms with Gasteiger partial charge in [-0.05, 0) is 62.8 Å². The third kappa shape index (κ3) is 5.29. The normalized spacial score (nSPS) is 11.5. The summed E-state index contributed by atoms with van der Waals surface area (Å²) in [7, 11) is 0. The molecule has 0 aliphatic rings. The van der Waals surface area contributed by atoms with Gasteiger partial charge >= 0.3 is 5.97 Å². The van der Waals surface area contributed by atoms with E-state index in [1.807, 2.05) is 12.1 Å². The first-order chi connectivity index (χ1) is 11.7. The number of carbonyl (C=O) groups is 2. The third-order valence-corrected chi connectivity index (χ3v) is 4.36. The Morgan fingerprint density at radius 1 is 1.08 bits per heavy atom. The number of carboxylic acid groups (broad SMARTS) is 1. The predicted octanol–water partition coefficient (Wildman–Crippen LogP) is 5.10. The van der Waals surface area contributed by atoms with Crippen LogP contribution in [-0.4, -0.2) is 17.0 Å². The molecule has 0 aliphatic heterocycles. The second-order valence-electron chi connectivity index (χ2n) is 6.69. The summed E-state index contributed by atoms with van der Waals surface area (Å²) in [5, 5.41) is 11.6. The van der Waals surface area contributed by atoms with Crippen molar-refractivity contribution in [2.24, 2.45) is 0 Å². The molecule has 0 radical (unpaired) electrons. The van der Waals surface area contributed by atoms with Crippen LogP contribution < -0.4 is 5.32 Å². The number of carbonyl (C=O) groups excluding carboxylic acids is 1. The minimum absolute atomic E-state index is 0.0306. The highest BCUT2D eigenvalue weighted by Crippen LogP contribution is 2.26. The Hall–Kier alpha value is -2.40. The van der Waals surface area contributed by atoms with E-state index >= 15 is 0 Å². The first-order valence-corrected chi connectivity index (χ1v) is 8.58. The molecule has 0 saturated heterocycles. The Kier molecular flexibility index (Phi) is 5.80. The standard InChI is InChI=1S/C20H20BrNO3/c1-20(2,3)15-8-6-14(7-9-15)19(25)22-17-12-13(4-10-16(17)21)5-11-18(23)24/h4-12H,1-3H3,(H,22,25)(H,23,24)/b11-5+. The molecule has 25 heavy (non-hydrogen) atoms. The zero-order valence-electron chi connectivity index (χ0n) is 14.3. The molecule has 0 heterocycles. The van der Waals surface area contributed by atoms with E-state index in [1.165, 1.54) is 6.08 Å². The lowest BCUT2D eigenvalue weighted by atomic mass is 9.87. The van der Waals surface area contributed by atoms with Crippen LogP contribution in [0.1, 0.15) is 42.3 Å². The van der Waals surface area contributed by atoms with Crippen LogP contribution in [0.3, 0.4) is 0 Å². The van der Waals surface area contributed by atoms with Crippen molar-refractivity contribution in [2.75, 3.05) is 5.32 Å². The summed E-state index contributed by atoms with van der Waals surface area (Å²) in [5.74, 6) is -1.24. The molecule has 2 N–H and O–H groups in total. The van der Waals surface area contributed by atoms with Gasteiger partial charge in [0.05, 0.1) is 5.69 Å². The second-order valence-corrected chi connectivity index (χ2v) is 7.55. The van der Waals surface area contributed by atoms with Gasteiger partial charge in [-0.25, -0.2) is 4.79 Å². The summed E-state index contributed by atoms with van der Waals surface area (Å²) in [5.41, 5.74) is 3.02. The SMILES string of the molecule is CC(C)(C)c1ccc(C(=O)Nc2cc(/C=C/C(=O)O)ccc2Br)cc1. The van der Waals surface area contributed by atoms with Gasteiger partial charge in [-0.1, -0.05) is 39.0 Å². The quantitative estimate of drug-likeness (QED) is 0.700. The summed E-state index contributed by atoms with van der Waals surface area (Å²) >= 11 is 3.39. The largest absolute Gasteiger partial charge is 0.478 e. The average molecular weight is 402 g/mol. The van der Waals surface area contributed by atoms with Crippen LogP contribution >= 0.6 is 15.9 Å². The van der Waals surface area contributed by atoms with Gasteiger partial charge in [0.15, 0.2) is 0 Å². The van der Waals surface area contributed by atoms with E-state index in [2.05, 4.69) is 42.0 Å². The maximum Gasteiger partial charge on any atom is 0.328 e. The second kappa shape index (κ2) is 7.66. The van der Waals surface area contributed by atoms with Crippen LogP contribution in [0, 0.1) is 0 Å². The van der Waals surface area contributed by atoms with Gasteiger partial charge in [0, 0.05) is 16.1 Å². The Labute approximate surface area is 155 Å². The van der Waals surface area contributed by atoms with Crippen molar-refractivity contribution >= 4 is 39.6 Å². The molecule has 2 aromatic carbocycles. The molecule has 0 saturated carbocycles. The number of nitrogens with one attached hydrogen (secondary N) is 1. The molecular weight excluding hydrogens is 382 g/mol. The molecular formula is C20H20BrNO3. The average Bonchev–Trinajstić information content (AvgIpc) is 2.54. The van der Waals surface area contributed by atoms with Crippen molar-refractivity contribution in [3.05, 3.63) is 69.7 Å². The molecule has 0 unspecified atom stereocenters. The lowest BCUT2D eigenvalue weighted by Crippen LogP contribution is -2.14. The third-order valence-electron chi connectivity index (χ3n) is 3.67. The lowest BCUT2D eigenvalue weighted by Gasteiger charge is -2.19. The number of carboxylic acids is 1. The van der Waals surface area contributed by atoms with E-state index in [-0.39, 0.29) is 11.3 Å². The van der Waals surface area contributed by atoms with Gasteiger partial charge in [0.25, 0.3) is 5.91 Å². The maximum absolute atomic E-state index is 12.5. The number of amides is 1. The van der Waals surface area contributed by atoms with Gasteiger partial charge < -0.3 is 10.4 Å². The zero-order valence-corrected chi connectivity index (χ0v) is 15.9. The molecule has 0 bridgehead atoms. The summed E-state index contributed by atoms with van der Waals surface area (Å²) < 4.78 is 0.722. The van der Waals surface area contributed by atoms with Crippen molar-refractivity contribution in [2.45, 2.75) is 26.2 Å². The molecule has 2 aromatic rings. The van der Waals surface area contributed by atoms with E-state index in [1.54, 1.807) is 30.3 Å². The number of hydrogen-bond donors (Lipinski definition) is 2. The van der Waals surface area contributed by atoms with Gasteiger partial charge in [0.2, 0.25) is 0 Å². The Morgan fingerprint density at radius 2 is 1.72 bits per heavy atom. The fourth-order valence-corrected chi connectivity index (χ4v) is 2.57. The van der Waals surface area contributed by atoms with Gasteiger partial charge in [-0.2, -0.15) is 0 Å². The van der Waals surface area contributed by atoms with E-state index in [4.69, 9.17) is 5.11 Å². The highest BCUT2D eigenvalue weighted by atomic mass is 79.9. The molecule has 0 spiro atoms. The lowest BCUT2D eigenvalue weighted by molar-refractivity contribution is -0.131.